The second-order valence-corrected chi connectivity index (χ2v) is 4.97. The Bertz CT molecular complexity index is 563. The van der Waals surface area contributed by atoms with Crippen LogP contribution in [-0.2, 0) is 4.79 Å². The predicted octanol–water partition coefficient (Wildman–Crippen LogP) is 0.780. The Morgan fingerprint density at radius 2 is 1.90 bits per heavy atom. The van der Waals surface area contributed by atoms with Crippen LogP contribution in [0.1, 0.15) is 10.4 Å². The van der Waals surface area contributed by atoms with Crippen molar-refractivity contribution in [2.45, 2.75) is 0 Å². The zero-order valence-electron chi connectivity index (χ0n) is 11.1. The van der Waals surface area contributed by atoms with Gasteiger partial charge in [0.05, 0.1) is 17.1 Å². The Hall–Kier alpha value is -1.73. The zero-order valence-corrected chi connectivity index (χ0v) is 11.8. The molecule has 0 bridgehead atoms. The monoisotopic (exact) mass is 317 g/mol. The lowest BCUT2D eigenvalue weighted by Crippen LogP contribution is -2.49. The van der Waals surface area contributed by atoms with Crippen molar-refractivity contribution in [3.05, 3.63) is 34.4 Å². The van der Waals surface area contributed by atoms with Crippen LogP contribution in [0.3, 0.4) is 0 Å². The molecule has 1 heterocycles. The predicted molar refractivity (Wildman–Crippen MR) is 73.2 cm³/mol. The summed E-state index contributed by atoms with van der Waals surface area (Å²) < 4.78 is 26.8. The number of hydrogen-bond donors (Lipinski definition) is 2. The Balaban J connectivity index is 1.95. The summed E-state index contributed by atoms with van der Waals surface area (Å²) in [6.07, 6.45) is 0. The van der Waals surface area contributed by atoms with E-state index in [0.29, 0.717) is 32.2 Å². The van der Waals surface area contributed by atoms with E-state index in [4.69, 9.17) is 11.6 Å². The topological polar surface area (TPSA) is 61.4 Å². The fraction of sp³-hybridized carbons (Fsp3) is 0.385. The standard InChI is InChI=1S/C13H14ClF2N3O2/c14-9-6-10(15)8(5-11(9)16)13(21)18-7-12(20)19-3-1-17-2-4-19/h5-6,17H,1-4,7H2,(H,18,21). The van der Waals surface area contributed by atoms with E-state index >= 15 is 0 Å². The molecular weight excluding hydrogens is 304 g/mol. The second kappa shape index (κ2) is 6.82. The van der Waals surface area contributed by atoms with Crippen molar-refractivity contribution in [2.75, 3.05) is 32.7 Å². The maximum absolute atomic E-state index is 13.5. The fourth-order valence-electron chi connectivity index (χ4n) is 1.97. The smallest absolute Gasteiger partial charge is 0.254 e. The van der Waals surface area contributed by atoms with Gasteiger partial charge in [-0.2, -0.15) is 0 Å². The van der Waals surface area contributed by atoms with E-state index in [9.17, 15) is 18.4 Å². The van der Waals surface area contributed by atoms with Gasteiger partial charge in [-0.1, -0.05) is 11.6 Å². The van der Waals surface area contributed by atoms with E-state index in [0.717, 1.165) is 6.07 Å². The third kappa shape index (κ3) is 3.89. The molecule has 1 saturated heterocycles. The number of carbonyl (C=O) groups is 2. The maximum Gasteiger partial charge on any atom is 0.254 e. The summed E-state index contributed by atoms with van der Waals surface area (Å²) in [5.74, 6) is -2.95. The number of nitrogens with one attached hydrogen (secondary N) is 2. The van der Waals surface area contributed by atoms with Crippen molar-refractivity contribution in [1.29, 1.82) is 0 Å². The van der Waals surface area contributed by atoms with Crippen LogP contribution >= 0.6 is 11.6 Å². The normalized spacial score (nSPS) is 14.9. The summed E-state index contributed by atoms with van der Waals surface area (Å²) in [7, 11) is 0. The minimum absolute atomic E-state index is 0.261. The molecule has 0 unspecified atom stereocenters. The highest BCUT2D eigenvalue weighted by Crippen LogP contribution is 2.19. The molecule has 5 nitrogen and oxygen atoms in total. The van der Waals surface area contributed by atoms with Crippen molar-refractivity contribution >= 4 is 23.4 Å². The van der Waals surface area contributed by atoms with Gasteiger partial charge in [0.1, 0.15) is 11.6 Å². The van der Waals surface area contributed by atoms with Gasteiger partial charge in [-0.25, -0.2) is 8.78 Å². The highest BCUT2D eigenvalue weighted by atomic mass is 35.5. The number of halogens is 3. The van der Waals surface area contributed by atoms with Crippen LogP contribution in [-0.4, -0.2) is 49.4 Å². The highest BCUT2D eigenvalue weighted by molar-refractivity contribution is 6.30. The lowest BCUT2D eigenvalue weighted by atomic mass is 10.2. The van der Waals surface area contributed by atoms with Crippen LogP contribution in [0.15, 0.2) is 12.1 Å². The van der Waals surface area contributed by atoms with Crippen molar-refractivity contribution in [1.82, 2.24) is 15.5 Å². The summed E-state index contributed by atoms with van der Waals surface area (Å²) in [5, 5.41) is 4.98. The van der Waals surface area contributed by atoms with Crippen LogP contribution in [0.4, 0.5) is 8.78 Å². The molecule has 114 valence electrons. The molecule has 2 amide bonds. The number of rotatable bonds is 3. The highest BCUT2D eigenvalue weighted by Gasteiger charge is 2.19. The molecule has 1 aromatic rings. The minimum atomic E-state index is -0.937. The fourth-order valence-corrected chi connectivity index (χ4v) is 2.12. The molecule has 1 aliphatic rings. The van der Waals surface area contributed by atoms with Gasteiger partial charge in [0.2, 0.25) is 5.91 Å². The van der Waals surface area contributed by atoms with E-state index in [1.54, 1.807) is 4.90 Å². The van der Waals surface area contributed by atoms with Crippen molar-refractivity contribution in [2.24, 2.45) is 0 Å². The molecule has 0 atom stereocenters. The molecule has 0 aliphatic carbocycles. The third-order valence-electron chi connectivity index (χ3n) is 3.12. The number of amides is 2. The van der Waals surface area contributed by atoms with Crippen LogP contribution < -0.4 is 10.6 Å². The lowest BCUT2D eigenvalue weighted by molar-refractivity contribution is -0.130. The number of benzene rings is 1. The summed E-state index contributed by atoms with van der Waals surface area (Å²) in [5.41, 5.74) is -0.481. The van der Waals surface area contributed by atoms with Crippen LogP contribution in [0, 0.1) is 11.6 Å². The molecule has 8 heteroatoms. The van der Waals surface area contributed by atoms with Crippen LogP contribution in [0.2, 0.25) is 5.02 Å². The number of piperazine rings is 1. The number of nitrogens with zero attached hydrogens (tertiary/aromatic N) is 1. The van der Waals surface area contributed by atoms with Gasteiger partial charge in [0, 0.05) is 26.2 Å². The first-order chi connectivity index (χ1) is 9.99. The molecule has 0 saturated carbocycles. The summed E-state index contributed by atoms with van der Waals surface area (Å²) in [4.78, 5) is 25.2. The molecular formula is C13H14ClF2N3O2. The van der Waals surface area contributed by atoms with Crippen molar-refractivity contribution in [3.63, 3.8) is 0 Å². The van der Waals surface area contributed by atoms with Gasteiger partial charge in [0.15, 0.2) is 0 Å². The van der Waals surface area contributed by atoms with Crippen molar-refractivity contribution < 1.29 is 18.4 Å². The number of hydrogen-bond acceptors (Lipinski definition) is 3. The van der Waals surface area contributed by atoms with Crippen LogP contribution in [0.5, 0.6) is 0 Å². The van der Waals surface area contributed by atoms with Crippen molar-refractivity contribution in [3.8, 4) is 0 Å². The molecule has 2 N–H and O–H groups in total. The molecule has 0 spiro atoms. The first kappa shape index (κ1) is 15.7. The van der Waals surface area contributed by atoms with E-state index in [2.05, 4.69) is 10.6 Å². The zero-order chi connectivity index (χ0) is 15.4. The largest absolute Gasteiger partial charge is 0.343 e. The summed E-state index contributed by atoms with van der Waals surface area (Å²) >= 11 is 5.41. The van der Waals surface area contributed by atoms with Gasteiger partial charge >= 0.3 is 0 Å². The Kier molecular flexibility index (Phi) is 5.08. The average molecular weight is 318 g/mol. The molecule has 0 aromatic heterocycles. The van der Waals surface area contributed by atoms with Gasteiger partial charge in [-0.3, -0.25) is 9.59 Å². The third-order valence-corrected chi connectivity index (χ3v) is 3.41. The van der Waals surface area contributed by atoms with Gasteiger partial charge in [-0.15, -0.1) is 0 Å². The Morgan fingerprint density at radius 1 is 1.24 bits per heavy atom. The lowest BCUT2D eigenvalue weighted by Gasteiger charge is -2.27. The number of carbonyl (C=O) groups excluding carboxylic acids is 2. The van der Waals surface area contributed by atoms with E-state index in [-0.39, 0.29) is 12.5 Å². The second-order valence-electron chi connectivity index (χ2n) is 4.56. The Morgan fingerprint density at radius 3 is 2.57 bits per heavy atom. The summed E-state index contributed by atoms with van der Waals surface area (Å²) in [6, 6.07) is 1.44. The first-order valence-corrected chi connectivity index (χ1v) is 6.78. The minimum Gasteiger partial charge on any atom is -0.343 e. The molecule has 1 fully saturated rings. The summed E-state index contributed by atoms with van der Waals surface area (Å²) in [6.45, 7) is 2.23. The average Bonchev–Trinajstić information content (AvgIpc) is 2.49. The van der Waals surface area contributed by atoms with Crippen LogP contribution in [0.25, 0.3) is 0 Å². The molecule has 0 radical (unpaired) electrons. The van der Waals surface area contributed by atoms with Gasteiger partial charge in [0.25, 0.3) is 5.91 Å². The van der Waals surface area contributed by atoms with E-state index < -0.39 is 28.1 Å². The maximum atomic E-state index is 13.5. The molecule has 2 rings (SSSR count). The van der Waals surface area contributed by atoms with Gasteiger partial charge in [-0.05, 0) is 12.1 Å². The molecule has 1 aliphatic heterocycles. The molecule has 1 aromatic carbocycles. The first-order valence-electron chi connectivity index (χ1n) is 6.40. The van der Waals surface area contributed by atoms with Gasteiger partial charge < -0.3 is 15.5 Å². The quantitative estimate of drug-likeness (QED) is 0.810. The Labute approximate surface area is 125 Å². The van der Waals surface area contributed by atoms with E-state index in [1.165, 1.54) is 0 Å². The SMILES string of the molecule is O=C(NCC(=O)N1CCNCC1)c1cc(F)c(Cl)cc1F. The van der Waals surface area contributed by atoms with E-state index in [1.807, 2.05) is 0 Å². The molecule has 21 heavy (non-hydrogen) atoms.